The van der Waals surface area contributed by atoms with Crippen molar-refractivity contribution in [3.05, 3.63) is 0 Å². The molecule has 0 amide bonds. The van der Waals surface area contributed by atoms with Crippen molar-refractivity contribution in [2.75, 3.05) is 0 Å². The van der Waals surface area contributed by atoms with Crippen LogP contribution in [0.4, 0.5) is 0 Å². The zero-order valence-electron chi connectivity index (χ0n) is 14.6. The van der Waals surface area contributed by atoms with E-state index in [0.29, 0.717) is 0 Å². The van der Waals surface area contributed by atoms with E-state index in [1.165, 1.54) is 98.8 Å². The fourth-order valence-electron chi connectivity index (χ4n) is 2.81. The van der Waals surface area contributed by atoms with E-state index < -0.39 is 13.9 Å². The van der Waals surface area contributed by atoms with Crippen LogP contribution in [0, 0.1) is 0 Å². The Morgan fingerprint density at radius 2 is 0.762 bits per heavy atom. The van der Waals surface area contributed by atoms with E-state index in [2.05, 4.69) is 39.3 Å². The molecule has 0 aliphatic heterocycles. The Balaban J connectivity index is 3.35. The van der Waals surface area contributed by atoms with Crippen LogP contribution in [-0.2, 0) is 0 Å². The number of unbranched alkanes of at least 4 members (excludes halogenated alkanes) is 12. The molecule has 0 aromatic heterocycles. The van der Waals surface area contributed by atoms with Crippen LogP contribution in [0.5, 0.6) is 0 Å². The van der Waals surface area contributed by atoms with Gasteiger partial charge >= 0.3 is 152 Å². The third-order valence-corrected chi connectivity index (χ3v) is 21.1. The van der Waals surface area contributed by atoms with Gasteiger partial charge in [-0.25, -0.2) is 0 Å². The molecule has 0 saturated heterocycles. The van der Waals surface area contributed by atoms with Crippen LogP contribution >= 0.6 is 25.4 Å². The molecule has 0 nitrogen and oxygen atoms in total. The second-order valence-corrected chi connectivity index (χ2v) is 41.8. The first-order chi connectivity index (χ1) is 10.1. The Morgan fingerprint density at radius 1 is 0.476 bits per heavy atom. The number of halogens is 2. The molecule has 0 spiro atoms. The van der Waals surface area contributed by atoms with Gasteiger partial charge in [0.25, 0.3) is 0 Å². The van der Waals surface area contributed by atoms with Crippen molar-refractivity contribution >= 4 is 39.3 Å². The van der Waals surface area contributed by atoms with Crippen LogP contribution < -0.4 is 0 Å². The summed E-state index contributed by atoms with van der Waals surface area (Å²) in [6.07, 6.45) is 20.1. The topological polar surface area (TPSA) is 0 Å². The first kappa shape index (κ1) is 22.8. The van der Waals surface area contributed by atoms with Crippen LogP contribution in [0.25, 0.3) is 0 Å². The van der Waals surface area contributed by atoms with Crippen molar-refractivity contribution in [3.63, 3.8) is 0 Å². The van der Waals surface area contributed by atoms with E-state index in [0.717, 1.165) is 0 Å². The third kappa shape index (κ3) is 17.9. The van der Waals surface area contributed by atoms with Crippen molar-refractivity contribution in [1.29, 1.82) is 0 Å². The molecule has 0 N–H and O–H groups in total. The Kier molecular flexibility index (Phi) is 18.0. The van der Waals surface area contributed by atoms with Gasteiger partial charge in [-0.15, -0.1) is 0 Å². The second-order valence-electron chi connectivity index (χ2n) is 6.60. The van der Waals surface area contributed by atoms with Crippen LogP contribution in [0.1, 0.15) is 104 Å². The predicted octanol–water partition coefficient (Wildman–Crippen LogP) is 8.72. The van der Waals surface area contributed by atoms with Crippen molar-refractivity contribution in [1.82, 2.24) is 0 Å². The Bertz CT molecular complexity index is 187. The molecule has 0 aliphatic carbocycles. The first-order valence-electron chi connectivity index (χ1n) is 9.50. The molecule has 0 radical (unpaired) electrons. The van der Waals surface area contributed by atoms with Gasteiger partial charge in [-0.3, -0.25) is 0 Å². The molecule has 21 heavy (non-hydrogen) atoms. The van der Waals surface area contributed by atoms with Gasteiger partial charge < -0.3 is 0 Å². The monoisotopic (exact) mass is 532 g/mol. The van der Waals surface area contributed by atoms with E-state index >= 15 is 0 Å². The van der Waals surface area contributed by atoms with Crippen molar-refractivity contribution < 1.29 is 0 Å². The van der Waals surface area contributed by atoms with Crippen LogP contribution in [0.15, 0.2) is 0 Å². The van der Waals surface area contributed by atoms with Crippen molar-refractivity contribution in [3.8, 4) is 0 Å². The van der Waals surface area contributed by atoms with Gasteiger partial charge in [0.05, 0.1) is 0 Å². The molecule has 0 rings (SSSR count). The molecule has 0 atom stereocenters. The average molecular weight is 533 g/mol. The molecule has 0 aromatic carbocycles. The summed E-state index contributed by atoms with van der Waals surface area (Å²) in [5, 5.41) is 0. The summed E-state index contributed by atoms with van der Waals surface area (Å²) >= 11 is 6.23. The van der Waals surface area contributed by atoms with E-state index in [9.17, 15) is 0 Å². The fraction of sp³-hybridized carbons (Fsp3) is 1.00. The molecular weight excluding hydrogens is 495 g/mol. The van der Waals surface area contributed by atoms with Gasteiger partial charge in [-0.2, -0.15) is 0 Å². The molecule has 128 valence electrons. The summed E-state index contributed by atoms with van der Waals surface area (Å²) in [6, 6.07) is 0. The molecule has 3 heteroatoms. The molecule has 0 unspecified atom stereocenters. The van der Waals surface area contributed by atoms with Gasteiger partial charge in [-0.1, -0.05) is 0 Å². The second kappa shape index (κ2) is 16.6. The zero-order chi connectivity index (χ0) is 15.8. The van der Waals surface area contributed by atoms with Gasteiger partial charge in [0.2, 0.25) is 0 Å². The summed E-state index contributed by atoms with van der Waals surface area (Å²) in [5.41, 5.74) is 0. The van der Waals surface area contributed by atoms with E-state index in [1.54, 1.807) is 0 Å². The van der Waals surface area contributed by atoms with E-state index in [1.807, 2.05) is 0 Å². The summed E-state index contributed by atoms with van der Waals surface area (Å²) in [7, 11) is 0. The quantitative estimate of drug-likeness (QED) is 0.138. The van der Waals surface area contributed by atoms with Gasteiger partial charge in [-0.05, 0) is 0 Å². The maximum absolute atomic E-state index is 4.10. The predicted molar refractivity (Wildman–Crippen MR) is 109 cm³/mol. The third-order valence-electron chi connectivity index (χ3n) is 4.29. The van der Waals surface area contributed by atoms with Gasteiger partial charge in [0.1, 0.15) is 0 Å². The normalized spacial score (nSPS) is 12.0. The molecule has 0 aromatic rings. The molecule has 0 bridgehead atoms. The standard InChI is InChI=1S/2C9H19.2BrH.Sn/c2*1-3-5-7-9-8-6-4-2;;;/h2*1,3-9H2,2H3;2*1H;/q;;;;+2/p-2. The van der Waals surface area contributed by atoms with Crippen LogP contribution in [0.2, 0.25) is 8.87 Å². The average Bonchev–Trinajstić information content (AvgIpc) is 2.45. The molecule has 0 saturated carbocycles. The summed E-state index contributed by atoms with van der Waals surface area (Å²) in [5.74, 6) is 0. The number of hydrogen-bond acceptors (Lipinski definition) is 0. The first-order valence-corrected chi connectivity index (χ1v) is 26.3. The fourth-order valence-corrected chi connectivity index (χ4v) is 15.4. The minimum atomic E-state index is -1.97. The summed E-state index contributed by atoms with van der Waals surface area (Å²) in [4.78, 5) is 0. The zero-order valence-corrected chi connectivity index (χ0v) is 20.6. The summed E-state index contributed by atoms with van der Waals surface area (Å²) in [6.45, 7) is 4.59. The Hall–Kier alpha value is 1.76. The van der Waals surface area contributed by atoms with Gasteiger partial charge in [0, 0.05) is 0 Å². The summed E-state index contributed by atoms with van der Waals surface area (Å²) < 4.78 is 2.97. The van der Waals surface area contributed by atoms with E-state index in [4.69, 9.17) is 0 Å². The Morgan fingerprint density at radius 3 is 1.10 bits per heavy atom. The molecule has 0 heterocycles. The van der Waals surface area contributed by atoms with Crippen LogP contribution in [0.3, 0.4) is 0 Å². The van der Waals surface area contributed by atoms with E-state index in [-0.39, 0.29) is 0 Å². The van der Waals surface area contributed by atoms with Crippen molar-refractivity contribution in [2.24, 2.45) is 0 Å². The molecular formula is C18H38Br2Sn. The number of hydrogen-bond donors (Lipinski definition) is 0. The SMILES string of the molecule is CCCCCCCC[CH2][Sn]([Br])([Br])[CH2]CCCCCCCC. The van der Waals surface area contributed by atoms with Gasteiger partial charge in [0.15, 0.2) is 0 Å². The number of rotatable bonds is 16. The van der Waals surface area contributed by atoms with Crippen LogP contribution in [-0.4, -0.2) is 13.9 Å². The van der Waals surface area contributed by atoms with Crippen molar-refractivity contribution in [2.45, 2.75) is 113 Å². The Labute approximate surface area is 151 Å². The maximum atomic E-state index is 4.10. The molecule has 0 aliphatic rings. The molecule has 0 fully saturated rings. The minimum absolute atomic E-state index is 1.36.